The molecule has 0 saturated carbocycles. The molecule has 3 N–H and O–H groups in total. The van der Waals surface area contributed by atoms with Gasteiger partial charge >= 0.3 is 11.8 Å². The second kappa shape index (κ2) is 10.8. The minimum atomic E-state index is -1.50. The number of carbonyl (C=O) groups is 3. The van der Waals surface area contributed by atoms with Crippen LogP contribution in [0.25, 0.3) is 16.5 Å². The number of nitrogens with zero attached hydrogens (tertiary/aromatic N) is 2. The minimum Gasteiger partial charge on any atom is -0.481 e. The lowest BCUT2D eigenvalue weighted by Gasteiger charge is -2.30. The number of rotatable bonds is 10. The first kappa shape index (κ1) is 25.8. The molecule has 37 heavy (non-hydrogen) atoms. The molecule has 10 heteroatoms. The Bertz CT molecular complexity index is 1370. The van der Waals surface area contributed by atoms with Gasteiger partial charge in [0.25, 0.3) is 5.91 Å². The number of aromatic nitrogens is 2. The molecular formula is C27H29N4O6+. The number of carboxylic acids is 1. The monoisotopic (exact) mass is 505 g/mol. The highest BCUT2D eigenvalue weighted by atomic mass is 16.7. The molecule has 0 spiro atoms. The second-order valence-electron chi connectivity index (χ2n) is 9.12. The maximum atomic E-state index is 13.5. The lowest BCUT2D eigenvalue weighted by molar-refractivity contribution is -0.677. The molecule has 0 saturated heterocycles. The Morgan fingerprint density at radius 2 is 1.92 bits per heavy atom. The molecule has 1 aliphatic heterocycles. The number of aliphatic carboxylic acids is 1. The summed E-state index contributed by atoms with van der Waals surface area (Å²) in [7, 11) is 1.75. The average Bonchev–Trinajstić information content (AvgIpc) is 3.34. The van der Waals surface area contributed by atoms with Gasteiger partial charge in [-0.3, -0.25) is 29.7 Å². The zero-order chi connectivity index (χ0) is 26.6. The van der Waals surface area contributed by atoms with Gasteiger partial charge in [0, 0.05) is 17.6 Å². The first-order valence-electron chi connectivity index (χ1n) is 11.8. The summed E-state index contributed by atoms with van der Waals surface area (Å²) in [5, 5.41) is 13.8. The van der Waals surface area contributed by atoms with Crippen molar-refractivity contribution in [2.75, 3.05) is 6.61 Å². The summed E-state index contributed by atoms with van der Waals surface area (Å²) in [6, 6.07) is 13.5. The fraction of sp³-hybridized carbons (Fsp3) is 0.296. The number of ketones is 1. The van der Waals surface area contributed by atoms with E-state index in [9.17, 15) is 19.5 Å². The number of hydrogen-bond donors (Lipinski definition) is 3. The van der Waals surface area contributed by atoms with Crippen molar-refractivity contribution in [2.24, 2.45) is 13.0 Å². The number of aryl methyl sites for hydroxylation is 1. The first-order chi connectivity index (χ1) is 17.7. The normalized spacial score (nSPS) is 17.7. The number of carboxylic acid groups (broad SMARTS) is 1. The molecule has 0 radical (unpaired) electrons. The maximum absolute atomic E-state index is 13.5. The Labute approximate surface area is 213 Å². The van der Waals surface area contributed by atoms with Crippen molar-refractivity contribution in [1.29, 1.82) is 0 Å². The van der Waals surface area contributed by atoms with Crippen LogP contribution in [0.5, 0.6) is 5.88 Å². The third kappa shape index (κ3) is 5.44. The van der Waals surface area contributed by atoms with Crippen LogP contribution in [0.15, 0.2) is 67.0 Å². The lowest BCUT2D eigenvalue weighted by Crippen LogP contribution is -2.56. The van der Waals surface area contributed by atoms with Crippen LogP contribution in [0, 0.1) is 5.92 Å². The number of Topliss-reactive ketones (excluding diaryl/α,β-unsaturated/α-hetero) is 1. The second-order valence-corrected chi connectivity index (χ2v) is 9.12. The minimum absolute atomic E-state index is 0.368. The molecule has 4 rings (SSSR count). The van der Waals surface area contributed by atoms with Gasteiger partial charge in [0.15, 0.2) is 24.2 Å². The molecule has 0 bridgehead atoms. The Morgan fingerprint density at radius 1 is 1.16 bits per heavy atom. The van der Waals surface area contributed by atoms with E-state index in [1.54, 1.807) is 62.1 Å². The summed E-state index contributed by atoms with van der Waals surface area (Å²) in [6.07, 6.45) is 4.45. The number of ether oxygens (including phenoxy) is 1. The summed E-state index contributed by atoms with van der Waals surface area (Å²) in [4.78, 5) is 48.3. The van der Waals surface area contributed by atoms with Crippen LogP contribution in [0.4, 0.5) is 0 Å². The third-order valence-electron chi connectivity index (χ3n) is 6.27. The summed E-state index contributed by atoms with van der Waals surface area (Å²) < 4.78 is 7.24. The van der Waals surface area contributed by atoms with Gasteiger partial charge in [0.05, 0.1) is 23.9 Å². The molecule has 0 aliphatic carbocycles. The van der Waals surface area contributed by atoms with Gasteiger partial charge in [-0.1, -0.05) is 38.1 Å². The van der Waals surface area contributed by atoms with Crippen LogP contribution >= 0.6 is 0 Å². The molecule has 1 aromatic carbocycles. The van der Waals surface area contributed by atoms with E-state index in [1.165, 1.54) is 0 Å². The van der Waals surface area contributed by atoms with E-state index >= 15 is 0 Å². The number of hydroxylamine groups is 1. The standard InChI is InChI=1S/C27H28N4O6/c1-17(2)27(15-21(30-37-27)25-19-9-5-4-8-18(19)11-12-28-25)26(35)29-20(14-24(33)34)22(32)16-36-23-10-6-7-13-31(23)3/h4-13,15,17,20,30H,14,16H2,1-3H3,(H-,29,33,34,35)/p+1/t20-,27+/m0/s1. The number of hydrogen-bond acceptors (Lipinski definition) is 7. The van der Waals surface area contributed by atoms with Gasteiger partial charge in [0.1, 0.15) is 13.1 Å². The number of nitrogens with one attached hydrogen (secondary N) is 2. The summed E-state index contributed by atoms with van der Waals surface area (Å²) in [5.74, 6) is -2.40. The largest absolute Gasteiger partial charge is 0.481 e. The van der Waals surface area contributed by atoms with Gasteiger partial charge in [-0.2, -0.15) is 4.57 Å². The highest BCUT2D eigenvalue weighted by Crippen LogP contribution is 2.34. The van der Waals surface area contributed by atoms with Crippen molar-refractivity contribution in [1.82, 2.24) is 15.8 Å². The Balaban J connectivity index is 1.57. The molecule has 1 aliphatic rings. The topological polar surface area (TPSA) is 131 Å². The number of amides is 1. The van der Waals surface area contributed by atoms with E-state index < -0.39 is 42.3 Å². The predicted molar refractivity (Wildman–Crippen MR) is 134 cm³/mol. The predicted octanol–water partition coefficient (Wildman–Crippen LogP) is 1.94. The Morgan fingerprint density at radius 3 is 2.65 bits per heavy atom. The highest BCUT2D eigenvalue weighted by molar-refractivity contribution is 5.98. The van der Waals surface area contributed by atoms with Crippen molar-refractivity contribution in [3.8, 4) is 5.88 Å². The molecule has 10 nitrogen and oxygen atoms in total. The van der Waals surface area contributed by atoms with E-state index in [-0.39, 0.29) is 5.92 Å². The van der Waals surface area contributed by atoms with E-state index in [4.69, 9.17) is 9.57 Å². The quantitative estimate of drug-likeness (QED) is 0.357. The third-order valence-corrected chi connectivity index (χ3v) is 6.27. The van der Waals surface area contributed by atoms with Gasteiger partial charge in [0.2, 0.25) is 0 Å². The van der Waals surface area contributed by atoms with Crippen molar-refractivity contribution in [3.63, 3.8) is 0 Å². The van der Waals surface area contributed by atoms with Crippen LogP contribution in [-0.2, 0) is 26.3 Å². The lowest BCUT2D eigenvalue weighted by atomic mass is 9.87. The van der Waals surface area contributed by atoms with Crippen LogP contribution < -0.4 is 20.1 Å². The van der Waals surface area contributed by atoms with E-state index in [2.05, 4.69) is 15.8 Å². The van der Waals surface area contributed by atoms with Crippen molar-refractivity contribution >= 4 is 34.1 Å². The average molecular weight is 506 g/mol. The fourth-order valence-electron chi connectivity index (χ4n) is 4.12. The molecule has 192 valence electrons. The summed E-state index contributed by atoms with van der Waals surface area (Å²) in [5.41, 5.74) is 2.43. The first-order valence-corrected chi connectivity index (χ1v) is 11.8. The molecule has 2 aromatic heterocycles. The van der Waals surface area contributed by atoms with Gasteiger partial charge in [-0.25, -0.2) is 0 Å². The Kier molecular flexibility index (Phi) is 7.49. The Hall–Kier alpha value is -4.31. The molecule has 2 atom stereocenters. The van der Waals surface area contributed by atoms with E-state index in [0.29, 0.717) is 17.3 Å². The van der Waals surface area contributed by atoms with E-state index in [0.717, 1.165) is 10.8 Å². The number of carbonyl (C=O) groups excluding carboxylic acids is 2. The van der Waals surface area contributed by atoms with Crippen LogP contribution in [0.1, 0.15) is 26.0 Å². The van der Waals surface area contributed by atoms with Gasteiger partial charge in [-0.05, 0) is 29.5 Å². The zero-order valence-corrected chi connectivity index (χ0v) is 20.8. The van der Waals surface area contributed by atoms with Gasteiger partial charge < -0.3 is 15.2 Å². The molecule has 1 amide bonds. The fourth-order valence-corrected chi connectivity index (χ4v) is 4.12. The molecule has 3 aromatic rings. The van der Waals surface area contributed by atoms with Gasteiger partial charge in [-0.15, -0.1) is 0 Å². The van der Waals surface area contributed by atoms with Crippen molar-refractivity contribution < 1.29 is 33.6 Å². The number of pyridine rings is 2. The maximum Gasteiger partial charge on any atom is 0.367 e. The summed E-state index contributed by atoms with van der Waals surface area (Å²) >= 11 is 0. The van der Waals surface area contributed by atoms with Crippen LogP contribution in [-0.4, -0.2) is 46.0 Å². The van der Waals surface area contributed by atoms with Crippen molar-refractivity contribution in [2.45, 2.75) is 31.9 Å². The highest BCUT2D eigenvalue weighted by Gasteiger charge is 2.47. The van der Waals surface area contributed by atoms with Crippen LogP contribution in [0.3, 0.4) is 0 Å². The summed E-state index contributed by atoms with van der Waals surface area (Å²) in [6.45, 7) is 3.18. The van der Waals surface area contributed by atoms with Crippen molar-refractivity contribution in [3.05, 3.63) is 72.7 Å². The number of fused-ring (bicyclic) bond motifs is 1. The van der Waals surface area contributed by atoms with E-state index in [1.807, 2.05) is 30.3 Å². The SMILES string of the molecule is CC(C)[C@@]1(C(=O)N[C@@H](CC(=O)O)C(=O)COc2cccc[n+]2C)C=C(c2nccc3ccccc23)NO1. The van der Waals surface area contributed by atoms with Crippen LogP contribution in [0.2, 0.25) is 0 Å². The molecule has 0 fully saturated rings. The zero-order valence-electron chi connectivity index (χ0n) is 20.8. The number of benzene rings is 1. The molecule has 3 heterocycles. The molecular weight excluding hydrogens is 476 g/mol. The molecule has 0 unspecified atom stereocenters. The smallest absolute Gasteiger partial charge is 0.367 e.